The predicted octanol–water partition coefficient (Wildman–Crippen LogP) is -0.0651. The molecule has 0 fully saturated rings. The van der Waals surface area contributed by atoms with Gasteiger partial charge in [-0.05, 0) is 0 Å². The van der Waals surface area contributed by atoms with E-state index in [1.54, 1.807) is 0 Å². The Labute approximate surface area is 66.3 Å². The topological polar surface area (TPSA) is 74.4 Å². The molecule has 0 saturated carbocycles. The molecule has 0 bridgehead atoms. The lowest BCUT2D eigenvalue weighted by atomic mass is 10.6. The average Bonchev–Trinajstić information content (AvgIpc) is 2.31. The molecule has 0 amide bonds. The predicted molar refractivity (Wildman–Crippen MR) is 41.8 cm³/mol. The number of nitrogens with zero attached hydrogens (tertiary/aromatic N) is 2. The van der Waals surface area contributed by atoms with Crippen LogP contribution in [0, 0.1) is 0 Å². The van der Waals surface area contributed by atoms with Crippen molar-refractivity contribution in [2.75, 3.05) is 0 Å². The molecular weight excluding hydrogens is 164 g/mol. The summed E-state index contributed by atoms with van der Waals surface area (Å²) in [7, 11) is 0. The normalized spacial score (nSPS) is 10.6. The molecule has 2 rings (SSSR count). The van der Waals surface area contributed by atoms with E-state index in [2.05, 4.69) is 32.6 Å². The summed E-state index contributed by atoms with van der Waals surface area (Å²) in [6.45, 7) is 0. The molecule has 0 aliphatic heterocycles. The Morgan fingerprint density at radius 1 is 1.55 bits per heavy atom. The average molecular weight is 168 g/mol. The second-order valence-corrected chi connectivity index (χ2v) is 2.41. The second kappa shape index (κ2) is 2.09. The van der Waals surface area contributed by atoms with Crippen molar-refractivity contribution in [2.24, 2.45) is 0 Å². The van der Waals surface area contributed by atoms with Gasteiger partial charge in [-0.15, -0.1) is 12.6 Å². The molecule has 0 aliphatic rings. The highest BCUT2D eigenvalue weighted by Gasteiger charge is 2.02. The van der Waals surface area contributed by atoms with E-state index in [9.17, 15) is 4.79 Å². The number of H-pyrrole nitrogens is 2. The first-order valence-corrected chi connectivity index (χ1v) is 3.34. The maximum absolute atomic E-state index is 11.0. The molecule has 0 unspecified atom stereocenters. The summed E-state index contributed by atoms with van der Waals surface area (Å²) < 4.78 is 0. The number of rotatable bonds is 0. The van der Waals surface area contributed by atoms with Crippen LogP contribution in [0.3, 0.4) is 0 Å². The van der Waals surface area contributed by atoms with Gasteiger partial charge in [0, 0.05) is 0 Å². The number of hydrogen-bond donors (Lipinski definition) is 3. The summed E-state index contributed by atoms with van der Waals surface area (Å²) in [6.07, 6.45) is 1.32. The van der Waals surface area contributed by atoms with Gasteiger partial charge < -0.3 is 9.97 Å². The fraction of sp³-hybridized carbons (Fsp3) is 0. The molecule has 0 saturated heterocycles. The van der Waals surface area contributed by atoms with E-state index in [-0.39, 0.29) is 11.1 Å². The number of thiol groups is 1. The molecule has 0 aromatic carbocycles. The number of aromatic amines is 2. The van der Waals surface area contributed by atoms with Crippen molar-refractivity contribution in [3.05, 3.63) is 16.7 Å². The van der Waals surface area contributed by atoms with E-state index in [4.69, 9.17) is 0 Å². The first kappa shape index (κ1) is 6.41. The minimum absolute atomic E-state index is 0.258. The molecule has 11 heavy (non-hydrogen) atoms. The SMILES string of the molecule is O=c1[nH]cnc2[nH]c(S)nc12. The van der Waals surface area contributed by atoms with Crippen molar-refractivity contribution >= 4 is 23.8 Å². The van der Waals surface area contributed by atoms with Crippen LogP contribution >= 0.6 is 12.6 Å². The molecule has 2 aromatic heterocycles. The van der Waals surface area contributed by atoms with Gasteiger partial charge in [-0.3, -0.25) is 4.79 Å². The standard InChI is InChI=1S/C5H4N4OS/c10-4-2-3(6-1-7-4)9-5(11)8-2/h1H,(H3,6,7,8,9,10,11). The zero-order chi connectivity index (χ0) is 7.84. The Hall–Kier alpha value is -1.30. The Balaban J connectivity index is 3.02. The van der Waals surface area contributed by atoms with Crippen LogP contribution in [0.15, 0.2) is 16.3 Å². The first-order valence-electron chi connectivity index (χ1n) is 2.90. The molecule has 2 heterocycles. The summed E-state index contributed by atoms with van der Waals surface area (Å²) in [6, 6.07) is 0. The molecule has 2 aromatic rings. The van der Waals surface area contributed by atoms with Crippen molar-refractivity contribution in [3.8, 4) is 0 Å². The number of imidazole rings is 1. The van der Waals surface area contributed by atoms with Crippen LogP contribution in [-0.2, 0) is 0 Å². The Bertz CT molecular complexity index is 445. The van der Waals surface area contributed by atoms with Gasteiger partial charge in [0.15, 0.2) is 16.3 Å². The maximum Gasteiger partial charge on any atom is 0.278 e. The van der Waals surface area contributed by atoms with Gasteiger partial charge in [-0.25, -0.2) is 9.97 Å². The van der Waals surface area contributed by atoms with E-state index in [0.29, 0.717) is 10.8 Å². The summed E-state index contributed by atoms with van der Waals surface area (Å²) in [4.78, 5) is 23.8. The van der Waals surface area contributed by atoms with E-state index in [0.717, 1.165) is 0 Å². The monoisotopic (exact) mass is 168 g/mol. The Morgan fingerprint density at radius 3 is 3.09 bits per heavy atom. The van der Waals surface area contributed by atoms with Crippen LogP contribution in [0.4, 0.5) is 0 Å². The highest BCUT2D eigenvalue weighted by molar-refractivity contribution is 7.80. The van der Waals surface area contributed by atoms with Crippen molar-refractivity contribution in [2.45, 2.75) is 5.16 Å². The zero-order valence-electron chi connectivity index (χ0n) is 5.33. The smallest absolute Gasteiger partial charge is 0.278 e. The molecule has 0 atom stereocenters. The third-order valence-electron chi connectivity index (χ3n) is 1.28. The summed E-state index contributed by atoms with van der Waals surface area (Å²) in [5.41, 5.74) is 0.489. The fourth-order valence-corrected chi connectivity index (χ4v) is 1.03. The molecule has 56 valence electrons. The van der Waals surface area contributed by atoms with Gasteiger partial charge in [0.05, 0.1) is 6.33 Å². The minimum Gasteiger partial charge on any atom is -0.318 e. The van der Waals surface area contributed by atoms with E-state index in [1.807, 2.05) is 0 Å². The van der Waals surface area contributed by atoms with Crippen LogP contribution in [0.5, 0.6) is 0 Å². The van der Waals surface area contributed by atoms with Gasteiger partial charge in [-0.2, -0.15) is 0 Å². The minimum atomic E-state index is -0.258. The van der Waals surface area contributed by atoms with Crippen LogP contribution in [0.2, 0.25) is 0 Å². The molecule has 6 heteroatoms. The zero-order valence-corrected chi connectivity index (χ0v) is 6.22. The van der Waals surface area contributed by atoms with Gasteiger partial charge in [0.25, 0.3) is 5.56 Å². The van der Waals surface area contributed by atoms with E-state index < -0.39 is 0 Å². The molecule has 0 spiro atoms. The molecular formula is C5H4N4OS. The molecule has 0 aliphatic carbocycles. The van der Waals surface area contributed by atoms with Crippen LogP contribution < -0.4 is 5.56 Å². The van der Waals surface area contributed by atoms with Crippen LogP contribution in [-0.4, -0.2) is 19.9 Å². The quantitative estimate of drug-likeness (QED) is 0.482. The third-order valence-corrected chi connectivity index (χ3v) is 1.49. The van der Waals surface area contributed by atoms with Gasteiger partial charge >= 0.3 is 0 Å². The van der Waals surface area contributed by atoms with Crippen molar-refractivity contribution in [3.63, 3.8) is 0 Å². The fourth-order valence-electron chi connectivity index (χ4n) is 0.827. The third kappa shape index (κ3) is 0.911. The molecule has 2 N–H and O–H groups in total. The molecule has 5 nitrogen and oxygen atoms in total. The van der Waals surface area contributed by atoms with E-state index >= 15 is 0 Å². The lowest BCUT2D eigenvalue weighted by molar-refractivity contribution is 1.08. The highest BCUT2D eigenvalue weighted by atomic mass is 32.1. The van der Waals surface area contributed by atoms with Crippen molar-refractivity contribution < 1.29 is 0 Å². The maximum atomic E-state index is 11.0. The highest BCUT2D eigenvalue weighted by Crippen LogP contribution is 2.04. The summed E-state index contributed by atoms with van der Waals surface area (Å²) in [5.74, 6) is 0. The number of nitrogens with one attached hydrogen (secondary N) is 2. The Kier molecular flexibility index (Phi) is 1.22. The largest absolute Gasteiger partial charge is 0.318 e. The van der Waals surface area contributed by atoms with Crippen LogP contribution in [0.1, 0.15) is 0 Å². The summed E-state index contributed by atoms with van der Waals surface area (Å²) >= 11 is 3.93. The summed E-state index contributed by atoms with van der Waals surface area (Å²) in [5, 5.41) is 0.393. The Morgan fingerprint density at radius 2 is 2.36 bits per heavy atom. The number of aromatic nitrogens is 4. The first-order chi connectivity index (χ1) is 5.27. The van der Waals surface area contributed by atoms with Crippen molar-refractivity contribution in [1.82, 2.24) is 19.9 Å². The lowest BCUT2D eigenvalue weighted by Crippen LogP contribution is -2.05. The van der Waals surface area contributed by atoms with Crippen molar-refractivity contribution in [1.29, 1.82) is 0 Å². The molecule has 0 radical (unpaired) electrons. The second-order valence-electron chi connectivity index (χ2n) is 1.99. The lowest BCUT2D eigenvalue weighted by Gasteiger charge is -1.81. The number of hydrogen-bond acceptors (Lipinski definition) is 4. The number of fused-ring (bicyclic) bond motifs is 1. The van der Waals surface area contributed by atoms with Gasteiger partial charge in [-0.1, -0.05) is 0 Å². The van der Waals surface area contributed by atoms with Gasteiger partial charge in [0.2, 0.25) is 0 Å². The van der Waals surface area contributed by atoms with Gasteiger partial charge in [0.1, 0.15) is 0 Å². The van der Waals surface area contributed by atoms with Crippen LogP contribution in [0.25, 0.3) is 11.2 Å². The van der Waals surface area contributed by atoms with E-state index in [1.165, 1.54) is 6.33 Å².